The number of anilines is 1. The van der Waals surface area contributed by atoms with E-state index in [1.165, 1.54) is 5.56 Å². The Morgan fingerprint density at radius 1 is 1.18 bits per heavy atom. The van der Waals surface area contributed by atoms with E-state index in [0.29, 0.717) is 6.61 Å². The van der Waals surface area contributed by atoms with Crippen LogP contribution in [0.4, 0.5) is 5.82 Å². The second-order valence-corrected chi connectivity index (χ2v) is 8.95. The van der Waals surface area contributed by atoms with Crippen LogP contribution < -0.4 is 5.32 Å². The van der Waals surface area contributed by atoms with Gasteiger partial charge in [0.05, 0.1) is 28.1 Å². The van der Waals surface area contributed by atoms with E-state index in [2.05, 4.69) is 66.4 Å². The first-order chi connectivity index (χ1) is 13.5. The van der Waals surface area contributed by atoms with Gasteiger partial charge in [0.15, 0.2) is 0 Å². The summed E-state index contributed by atoms with van der Waals surface area (Å²) in [4.78, 5) is 15.1. The maximum absolute atomic E-state index is 5.97. The molecule has 0 bridgehead atoms. The van der Waals surface area contributed by atoms with Crippen molar-refractivity contribution in [2.75, 3.05) is 5.32 Å². The first kappa shape index (κ1) is 17.5. The highest BCUT2D eigenvalue weighted by Gasteiger charge is 2.28. The summed E-state index contributed by atoms with van der Waals surface area (Å²) in [7, 11) is 0. The molecule has 0 saturated carbocycles. The maximum atomic E-state index is 5.97. The molecule has 6 heteroatoms. The monoisotopic (exact) mass is 390 g/mol. The van der Waals surface area contributed by atoms with Crippen molar-refractivity contribution in [1.82, 2.24) is 15.0 Å². The summed E-state index contributed by atoms with van der Waals surface area (Å²) >= 11 is 1.66. The van der Waals surface area contributed by atoms with Crippen molar-refractivity contribution in [3.05, 3.63) is 59.5 Å². The van der Waals surface area contributed by atoms with E-state index in [1.54, 1.807) is 17.7 Å². The second kappa shape index (κ2) is 6.50. The lowest BCUT2D eigenvalue weighted by molar-refractivity contribution is -0.0411. The van der Waals surface area contributed by atoms with Gasteiger partial charge in [0.1, 0.15) is 17.0 Å². The Kier molecular flexibility index (Phi) is 4.07. The van der Waals surface area contributed by atoms with Crippen molar-refractivity contribution in [3.63, 3.8) is 0 Å². The number of fused-ring (bicyclic) bond motifs is 4. The van der Waals surface area contributed by atoms with Crippen molar-refractivity contribution in [3.8, 4) is 0 Å². The number of rotatable bonds is 3. The zero-order chi connectivity index (χ0) is 19.3. The number of benzene rings is 1. The number of nitrogens with one attached hydrogen (secondary N) is 1. The number of hydrogen-bond acceptors (Lipinski definition) is 6. The molecule has 4 heterocycles. The molecule has 0 spiro atoms. The second-order valence-electron chi connectivity index (χ2n) is 7.95. The van der Waals surface area contributed by atoms with E-state index < -0.39 is 0 Å². The van der Waals surface area contributed by atoms with Gasteiger partial charge in [-0.3, -0.25) is 0 Å². The molecule has 1 N–H and O–H groups in total. The molecule has 1 aromatic carbocycles. The van der Waals surface area contributed by atoms with E-state index in [4.69, 9.17) is 9.72 Å². The Bertz CT molecular complexity index is 1170. The van der Waals surface area contributed by atoms with Crippen LogP contribution >= 0.6 is 11.3 Å². The lowest BCUT2D eigenvalue weighted by Gasteiger charge is -2.30. The number of nitrogens with zero attached hydrogens (tertiary/aromatic N) is 3. The molecule has 4 aromatic rings. The average Bonchev–Trinajstić information content (AvgIpc) is 3.05. The molecule has 0 amide bonds. The molecule has 1 unspecified atom stereocenters. The van der Waals surface area contributed by atoms with Gasteiger partial charge in [-0.15, -0.1) is 11.3 Å². The van der Waals surface area contributed by atoms with Crippen LogP contribution in [0.2, 0.25) is 0 Å². The van der Waals surface area contributed by atoms with Gasteiger partial charge in [-0.1, -0.05) is 30.3 Å². The number of hydrogen-bond donors (Lipinski definition) is 1. The lowest BCUT2D eigenvalue weighted by atomic mass is 9.95. The minimum Gasteiger partial charge on any atom is -0.370 e. The summed E-state index contributed by atoms with van der Waals surface area (Å²) in [6.07, 6.45) is 2.46. The van der Waals surface area contributed by atoms with Crippen LogP contribution in [0, 0.1) is 0 Å². The summed E-state index contributed by atoms with van der Waals surface area (Å²) < 4.78 is 7.02. The van der Waals surface area contributed by atoms with Crippen LogP contribution in [-0.4, -0.2) is 20.6 Å². The van der Waals surface area contributed by atoms with Gasteiger partial charge in [0, 0.05) is 23.4 Å². The number of pyridine rings is 1. The molecule has 28 heavy (non-hydrogen) atoms. The molecular formula is C22H22N4OS. The van der Waals surface area contributed by atoms with Crippen LogP contribution in [0.5, 0.6) is 0 Å². The summed E-state index contributed by atoms with van der Waals surface area (Å²) in [5.41, 5.74) is 4.32. The highest BCUT2D eigenvalue weighted by molar-refractivity contribution is 7.25. The first-order valence-corrected chi connectivity index (χ1v) is 10.3. The van der Waals surface area contributed by atoms with Gasteiger partial charge in [-0.2, -0.15) is 0 Å². The Balaban J connectivity index is 1.58. The van der Waals surface area contributed by atoms with Crippen molar-refractivity contribution in [2.24, 2.45) is 0 Å². The lowest BCUT2D eigenvalue weighted by Crippen LogP contribution is -2.32. The molecule has 0 radical (unpaired) electrons. The van der Waals surface area contributed by atoms with E-state index in [0.717, 1.165) is 43.9 Å². The van der Waals surface area contributed by atoms with Gasteiger partial charge < -0.3 is 10.1 Å². The van der Waals surface area contributed by atoms with Crippen LogP contribution in [0.15, 0.2) is 42.7 Å². The zero-order valence-electron chi connectivity index (χ0n) is 16.2. The molecule has 0 saturated heterocycles. The summed E-state index contributed by atoms with van der Waals surface area (Å²) in [6.45, 7) is 6.98. The minimum atomic E-state index is -0.165. The van der Waals surface area contributed by atoms with Gasteiger partial charge >= 0.3 is 0 Å². The number of aromatic nitrogens is 3. The third-order valence-electron chi connectivity index (χ3n) is 5.28. The quantitative estimate of drug-likeness (QED) is 0.517. The topological polar surface area (TPSA) is 59.9 Å². The minimum absolute atomic E-state index is 0.153. The Morgan fingerprint density at radius 2 is 2.00 bits per heavy atom. The van der Waals surface area contributed by atoms with Crippen molar-refractivity contribution in [2.45, 2.75) is 45.4 Å². The van der Waals surface area contributed by atoms with E-state index >= 15 is 0 Å². The Labute approximate surface area is 167 Å². The highest BCUT2D eigenvalue weighted by atomic mass is 32.1. The third kappa shape index (κ3) is 3.02. The first-order valence-electron chi connectivity index (χ1n) is 9.52. The zero-order valence-corrected chi connectivity index (χ0v) is 17.0. The van der Waals surface area contributed by atoms with Gasteiger partial charge in [0.2, 0.25) is 0 Å². The van der Waals surface area contributed by atoms with Crippen molar-refractivity contribution >= 4 is 37.6 Å². The highest BCUT2D eigenvalue weighted by Crippen LogP contribution is 2.38. The summed E-state index contributed by atoms with van der Waals surface area (Å²) in [5, 5.41) is 4.63. The smallest absolute Gasteiger partial charge is 0.148 e. The van der Waals surface area contributed by atoms with E-state index in [-0.39, 0.29) is 11.6 Å². The predicted octanol–water partition coefficient (Wildman–Crippen LogP) is 5.26. The largest absolute Gasteiger partial charge is 0.370 e. The van der Waals surface area contributed by atoms with Crippen molar-refractivity contribution < 1.29 is 4.74 Å². The van der Waals surface area contributed by atoms with Crippen LogP contribution in [0.3, 0.4) is 0 Å². The maximum Gasteiger partial charge on any atom is 0.148 e. The van der Waals surface area contributed by atoms with E-state index in [9.17, 15) is 0 Å². The fraction of sp³-hybridized carbons (Fsp3) is 0.318. The molecule has 5 nitrogen and oxygen atoms in total. The molecule has 142 valence electrons. The van der Waals surface area contributed by atoms with E-state index in [1.807, 2.05) is 6.07 Å². The normalized spacial score (nSPS) is 16.8. The Hall–Kier alpha value is -2.57. The van der Waals surface area contributed by atoms with Gasteiger partial charge in [0.25, 0.3) is 0 Å². The van der Waals surface area contributed by atoms with Crippen LogP contribution in [0.1, 0.15) is 43.6 Å². The number of ether oxygens (including phenoxy) is 1. The Morgan fingerprint density at radius 3 is 2.82 bits per heavy atom. The van der Waals surface area contributed by atoms with Crippen LogP contribution in [-0.2, 0) is 17.8 Å². The van der Waals surface area contributed by atoms with Crippen molar-refractivity contribution in [1.29, 1.82) is 0 Å². The standard InChI is InChI=1S/C22H22N4OS/c1-13(14-7-5-4-6-8-14)25-20-19-18(23-12-24-20)16-9-15-11-27-22(2,3)10-17(15)26-21(16)28-19/h4-9,12-13H,10-11H2,1-3H3,(H,23,24,25). The molecule has 1 atom stereocenters. The third-order valence-corrected chi connectivity index (χ3v) is 6.37. The number of thiophene rings is 1. The molecule has 1 aliphatic heterocycles. The van der Waals surface area contributed by atoms with Gasteiger partial charge in [-0.05, 0) is 32.4 Å². The fourth-order valence-electron chi connectivity index (χ4n) is 3.72. The summed E-state index contributed by atoms with van der Waals surface area (Å²) in [6, 6.07) is 12.7. The molecule has 0 fully saturated rings. The molecular weight excluding hydrogens is 368 g/mol. The SMILES string of the molecule is CC(Nc1ncnc2c1sc1nc3c(cc12)COC(C)(C)C3)c1ccccc1. The van der Waals surface area contributed by atoms with Crippen LogP contribution in [0.25, 0.3) is 20.4 Å². The molecule has 1 aliphatic rings. The fourth-order valence-corrected chi connectivity index (χ4v) is 4.80. The predicted molar refractivity (Wildman–Crippen MR) is 114 cm³/mol. The molecule has 3 aromatic heterocycles. The molecule has 5 rings (SSSR count). The average molecular weight is 391 g/mol. The van der Waals surface area contributed by atoms with Gasteiger partial charge in [-0.25, -0.2) is 15.0 Å². The summed E-state index contributed by atoms with van der Waals surface area (Å²) in [5.74, 6) is 0.860. The molecule has 0 aliphatic carbocycles.